The van der Waals surface area contributed by atoms with Gasteiger partial charge in [0.25, 0.3) is 0 Å². The van der Waals surface area contributed by atoms with Crippen molar-refractivity contribution in [3.8, 4) is 0 Å². The maximum Gasteiger partial charge on any atom is 0.305 e. The number of carbonyl (C=O) groups excluding carboxylic acids is 1. The molecule has 2 heteroatoms. The van der Waals surface area contributed by atoms with Crippen molar-refractivity contribution >= 4 is 5.97 Å². The molecule has 0 amide bonds. The summed E-state index contributed by atoms with van der Waals surface area (Å²) in [4.78, 5) is 12.1. The number of rotatable bonds is 51. The van der Waals surface area contributed by atoms with Crippen molar-refractivity contribution in [2.45, 2.75) is 335 Å². The molecule has 0 N–H and O–H groups in total. The summed E-state index contributed by atoms with van der Waals surface area (Å²) in [5.41, 5.74) is 0. The van der Waals surface area contributed by atoms with Crippen LogP contribution < -0.4 is 0 Å². The van der Waals surface area contributed by atoms with Crippen LogP contribution in [-0.4, -0.2) is 12.6 Å². The van der Waals surface area contributed by atoms with Gasteiger partial charge in [0.2, 0.25) is 0 Å². The summed E-state index contributed by atoms with van der Waals surface area (Å²) in [6, 6.07) is 0. The molecule has 0 radical (unpaired) electrons. The highest BCUT2D eigenvalue weighted by Gasteiger charge is 2.03. The average Bonchev–Trinajstić information content (AvgIpc) is 3.20. The van der Waals surface area contributed by atoms with Crippen molar-refractivity contribution < 1.29 is 9.53 Å². The van der Waals surface area contributed by atoms with Crippen LogP contribution in [0.1, 0.15) is 335 Å². The fourth-order valence-electron chi connectivity index (χ4n) is 8.73. The Morgan fingerprint density at radius 3 is 0.589 bits per heavy atom. The van der Waals surface area contributed by atoms with E-state index >= 15 is 0 Å². The third kappa shape index (κ3) is 51.5. The second-order valence-electron chi connectivity index (χ2n) is 18.6. The van der Waals surface area contributed by atoms with E-state index in [-0.39, 0.29) is 5.97 Å². The Balaban J connectivity index is 3.14. The van der Waals surface area contributed by atoms with Crippen LogP contribution in [0.25, 0.3) is 0 Å². The molecule has 0 fully saturated rings. The molecule has 0 saturated heterocycles. The molecule has 0 aliphatic carbocycles. The molecule has 336 valence electrons. The Bertz CT molecular complexity index is 688. The zero-order valence-corrected chi connectivity index (χ0v) is 39.4. The quantitative estimate of drug-likeness (QED) is 0.0453. The number of hydrogen-bond donors (Lipinski definition) is 0. The minimum absolute atomic E-state index is 0.0353. The van der Waals surface area contributed by atoms with Crippen molar-refractivity contribution in [3.05, 3.63) is 0 Å². The Morgan fingerprint density at radius 1 is 0.232 bits per heavy atom. The summed E-state index contributed by atoms with van der Waals surface area (Å²) in [5, 5.41) is 0. The van der Waals surface area contributed by atoms with E-state index < -0.39 is 0 Å². The van der Waals surface area contributed by atoms with Gasteiger partial charge in [-0.2, -0.15) is 0 Å². The van der Waals surface area contributed by atoms with Gasteiger partial charge >= 0.3 is 5.97 Å². The lowest BCUT2D eigenvalue weighted by atomic mass is 10.0. The van der Waals surface area contributed by atoms with E-state index in [0.717, 1.165) is 12.8 Å². The van der Waals surface area contributed by atoms with Gasteiger partial charge in [-0.15, -0.1) is 0 Å². The predicted octanol–water partition coefficient (Wildman–Crippen LogP) is 20.1. The third-order valence-corrected chi connectivity index (χ3v) is 12.7. The summed E-state index contributed by atoms with van der Waals surface area (Å²) in [6.07, 6.45) is 69.8. The molecule has 0 aliphatic rings. The lowest BCUT2D eigenvalue weighted by Gasteiger charge is -2.06. The molecule has 0 heterocycles. The summed E-state index contributed by atoms with van der Waals surface area (Å²) in [7, 11) is 0. The van der Waals surface area contributed by atoms with Crippen molar-refractivity contribution in [1.82, 2.24) is 0 Å². The van der Waals surface area contributed by atoms with Gasteiger partial charge in [0, 0.05) is 6.42 Å². The maximum atomic E-state index is 12.1. The van der Waals surface area contributed by atoms with Gasteiger partial charge in [0.1, 0.15) is 0 Å². The number of esters is 1. The first-order valence-corrected chi connectivity index (χ1v) is 27.0. The predicted molar refractivity (Wildman–Crippen MR) is 253 cm³/mol. The first-order valence-electron chi connectivity index (χ1n) is 27.0. The van der Waals surface area contributed by atoms with Crippen LogP contribution in [0.4, 0.5) is 0 Å². The van der Waals surface area contributed by atoms with Gasteiger partial charge in [0.15, 0.2) is 0 Å². The van der Waals surface area contributed by atoms with Gasteiger partial charge < -0.3 is 4.74 Å². The Hall–Kier alpha value is -0.530. The molecule has 0 atom stereocenters. The largest absolute Gasteiger partial charge is 0.466 e. The normalized spacial score (nSPS) is 11.5. The van der Waals surface area contributed by atoms with E-state index in [1.807, 2.05) is 0 Å². The highest BCUT2D eigenvalue weighted by atomic mass is 16.5. The topological polar surface area (TPSA) is 26.3 Å². The van der Waals surface area contributed by atoms with Crippen molar-refractivity contribution in [3.63, 3.8) is 0 Å². The molecule has 0 saturated carbocycles. The lowest BCUT2D eigenvalue weighted by Crippen LogP contribution is -2.05. The SMILES string of the molecule is CCCCCCCCCCCCCCCCCCCCCCCCCCCOC(=O)CCCCCCCCCCCCCCCCCCCCCCCCCC. The van der Waals surface area contributed by atoms with Gasteiger partial charge in [-0.25, -0.2) is 0 Å². The van der Waals surface area contributed by atoms with Gasteiger partial charge in [-0.05, 0) is 12.8 Å². The zero-order chi connectivity index (χ0) is 40.3. The molecule has 0 unspecified atom stereocenters. The summed E-state index contributed by atoms with van der Waals surface area (Å²) < 4.78 is 5.51. The molecule has 56 heavy (non-hydrogen) atoms. The summed E-state index contributed by atoms with van der Waals surface area (Å²) >= 11 is 0. The molecular formula is C54H108O2. The van der Waals surface area contributed by atoms with E-state index in [0.29, 0.717) is 13.0 Å². The summed E-state index contributed by atoms with van der Waals surface area (Å²) in [6.45, 7) is 5.25. The number of carbonyl (C=O) groups is 1. The van der Waals surface area contributed by atoms with Crippen LogP contribution in [0.2, 0.25) is 0 Å². The molecule has 0 aliphatic heterocycles. The molecule has 2 nitrogen and oxygen atoms in total. The Kier molecular flexibility index (Phi) is 52.0. The molecule has 0 spiro atoms. The van der Waals surface area contributed by atoms with Crippen LogP contribution in [0, 0.1) is 0 Å². The number of ether oxygens (including phenoxy) is 1. The van der Waals surface area contributed by atoms with E-state index in [9.17, 15) is 4.79 Å². The average molecular weight is 789 g/mol. The maximum absolute atomic E-state index is 12.1. The van der Waals surface area contributed by atoms with Crippen molar-refractivity contribution in [2.75, 3.05) is 6.61 Å². The molecule has 0 aromatic heterocycles. The Morgan fingerprint density at radius 2 is 0.393 bits per heavy atom. The van der Waals surface area contributed by atoms with Crippen LogP contribution in [-0.2, 0) is 9.53 Å². The highest BCUT2D eigenvalue weighted by molar-refractivity contribution is 5.69. The molecule has 0 aromatic rings. The minimum atomic E-state index is 0.0353. The first kappa shape index (κ1) is 55.5. The van der Waals surface area contributed by atoms with Gasteiger partial charge in [0.05, 0.1) is 6.61 Å². The second kappa shape index (κ2) is 52.5. The molecule has 0 aromatic carbocycles. The fraction of sp³-hybridized carbons (Fsp3) is 0.981. The van der Waals surface area contributed by atoms with E-state index in [1.54, 1.807) is 0 Å². The molecule has 0 rings (SSSR count). The molecule has 0 bridgehead atoms. The Labute approximate surface area is 355 Å². The summed E-state index contributed by atoms with van der Waals surface area (Å²) in [5.74, 6) is 0.0353. The minimum Gasteiger partial charge on any atom is -0.466 e. The van der Waals surface area contributed by atoms with Crippen LogP contribution in [0.15, 0.2) is 0 Å². The van der Waals surface area contributed by atoms with Crippen LogP contribution in [0.5, 0.6) is 0 Å². The lowest BCUT2D eigenvalue weighted by molar-refractivity contribution is -0.143. The van der Waals surface area contributed by atoms with Gasteiger partial charge in [-0.1, -0.05) is 316 Å². The van der Waals surface area contributed by atoms with E-state index in [1.165, 1.54) is 302 Å². The third-order valence-electron chi connectivity index (χ3n) is 12.7. The zero-order valence-electron chi connectivity index (χ0n) is 39.4. The van der Waals surface area contributed by atoms with Gasteiger partial charge in [-0.3, -0.25) is 4.79 Å². The van der Waals surface area contributed by atoms with Crippen molar-refractivity contribution in [2.24, 2.45) is 0 Å². The highest BCUT2D eigenvalue weighted by Crippen LogP contribution is 2.18. The smallest absolute Gasteiger partial charge is 0.305 e. The monoisotopic (exact) mass is 789 g/mol. The van der Waals surface area contributed by atoms with Crippen LogP contribution in [0.3, 0.4) is 0 Å². The number of unbranched alkanes of at least 4 members (excludes halogenated alkanes) is 47. The number of hydrogen-bond acceptors (Lipinski definition) is 2. The molecular weight excluding hydrogens is 681 g/mol. The second-order valence-corrected chi connectivity index (χ2v) is 18.6. The first-order chi connectivity index (χ1) is 27.8. The fourth-order valence-corrected chi connectivity index (χ4v) is 8.73. The standard InChI is InChI=1S/C54H108O2/c1-3-5-7-9-11-13-15-17-19-21-23-25-27-29-31-33-35-37-39-41-43-45-47-49-51-53-56-54(55)52-50-48-46-44-42-40-38-36-34-32-30-28-26-24-22-20-18-16-14-12-10-8-6-4-2/h3-53H2,1-2H3. The van der Waals surface area contributed by atoms with E-state index in [4.69, 9.17) is 4.74 Å². The van der Waals surface area contributed by atoms with Crippen LogP contribution >= 0.6 is 0 Å². The van der Waals surface area contributed by atoms with E-state index in [2.05, 4.69) is 13.8 Å². The van der Waals surface area contributed by atoms with Crippen molar-refractivity contribution in [1.29, 1.82) is 0 Å².